The van der Waals surface area contributed by atoms with Gasteiger partial charge in [0.2, 0.25) is 0 Å². The number of rotatable bonds is 1. The predicted molar refractivity (Wildman–Crippen MR) is 104 cm³/mol. The van der Waals surface area contributed by atoms with Gasteiger partial charge in [-0.05, 0) is 18.6 Å². The Bertz CT molecular complexity index is 914. The van der Waals surface area contributed by atoms with Gasteiger partial charge in [0.1, 0.15) is 12.1 Å². The zero-order chi connectivity index (χ0) is 17.8. The largest absolute Gasteiger partial charge is 0.497 e. The molecule has 1 fully saturated rings. The van der Waals surface area contributed by atoms with Crippen molar-refractivity contribution < 1.29 is 23.4 Å². The topological polar surface area (TPSA) is 55.8 Å². The molecule has 0 saturated carbocycles. The average Bonchev–Trinajstić information content (AvgIpc) is 3.06. The molecule has 142 valence electrons. The van der Waals surface area contributed by atoms with E-state index in [1.807, 2.05) is 0 Å². The molecule has 0 aliphatic carbocycles. The Morgan fingerprint density at radius 1 is 1.38 bits per heavy atom. The van der Waals surface area contributed by atoms with Gasteiger partial charge in [0.25, 0.3) is 0 Å². The Morgan fingerprint density at radius 3 is 3.08 bits per heavy atom. The molecule has 0 spiro atoms. The lowest BCUT2D eigenvalue weighted by molar-refractivity contribution is -0.944. The number of benzene rings is 1. The van der Waals surface area contributed by atoms with E-state index in [1.165, 1.54) is 29.3 Å². The van der Waals surface area contributed by atoms with Gasteiger partial charge in [0, 0.05) is 33.9 Å². The highest BCUT2D eigenvalue weighted by Gasteiger charge is 2.49. The van der Waals surface area contributed by atoms with E-state index in [0.29, 0.717) is 17.5 Å². The SMILES string of the molecule is COC(=O)C1=CO[C@H](C)C2C[NH+]3CCc4c([nH]c5ccccc45)C3CC12.[HH].[HH].[HH]. The number of carbonyl (C=O) groups excluding carboxylic acids is 1. The fourth-order valence-electron chi connectivity index (χ4n) is 5.39. The number of nitrogens with one attached hydrogen (secondary N) is 2. The van der Waals surface area contributed by atoms with Gasteiger partial charge in [0.05, 0.1) is 43.6 Å². The Balaban J connectivity index is 0.000001000. The molecule has 0 amide bonds. The molecule has 4 unspecified atom stereocenters. The van der Waals surface area contributed by atoms with Crippen molar-refractivity contribution in [2.75, 3.05) is 20.2 Å². The number of fused-ring (bicyclic) bond motifs is 6. The van der Waals surface area contributed by atoms with Gasteiger partial charge in [-0.2, -0.15) is 0 Å². The minimum absolute atomic E-state index is 0. The third-order valence-corrected chi connectivity index (χ3v) is 6.72. The maximum Gasteiger partial charge on any atom is 0.337 e. The molecule has 0 radical (unpaired) electrons. The smallest absolute Gasteiger partial charge is 0.337 e. The van der Waals surface area contributed by atoms with Gasteiger partial charge in [-0.15, -0.1) is 0 Å². The molecule has 5 atom stereocenters. The lowest BCUT2D eigenvalue weighted by Crippen LogP contribution is -3.15. The Kier molecular flexibility index (Phi) is 3.60. The highest BCUT2D eigenvalue weighted by atomic mass is 16.5. The van der Waals surface area contributed by atoms with Crippen molar-refractivity contribution in [3.05, 3.63) is 47.4 Å². The summed E-state index contributed by atoms with van der Waals surface area (Å²) < 4.78 is 10.8. The molecule has 3 aliphatic rings. The van der Waals surface area contributed by atoms with Crippen LogP contribution in [-0.2, 0) is 20.7 Å². The van der Waals surface area contributed by atoms with E-state index in [4.69, 9.17) is 9.47 Å². The van der Waals surface area contributed by atoms with E-state index in [-0.39, 0.29) is 22.3 Å². The summed E-state index contributed by atoms with van der Waals surface area (Å²) in [4.78, 5) is 17.6. The number of H-pyrrole nitrogens is 1. The van der Waals surface area contributed by atoms with Crippen LogP contribution in [0.15, 0.2) is 36.1 Å². The maximum atomic E-state index is 12.3. The molecule has 5 heteroatoms. The fraction of sp³-hybridized carbons (Fsp3) is 0.476. The number of aromatic amines is 1. The molecule has 5 nitrogen and oxygen atoms in total. The van der Waals surface area contributed by atoms with Gasteiger partial charge in [0.15, 0.2) is 0 Å². The summed E-state index contributed by atoms with van der Waals surface area (Å²) in [6.45, 7) is 4.31. The first-order valence-corrected chi connectivity index (χ1v) is 9.55. The highest BCUT2D eigenvalue weighted by molar-refractivity contribution is 5.89. The Hall–Kier alpha value is -2.27. The van der Waals surface area contributed by atoms with Crippen LogP contribution in [-0.4, -0.2) is 37.3 Å². The van der Waals surface area contributed by atoms with Crippen LogP contribution in [0.3, 0.4) is 0 Å². The number of ether oxygens (including phenoxy) is 2. The summed E-state index contributed by atoms with van der Waals surface area (Å²) in [7, 11) is 1.45. The summed E-state index contributed by atoms with van der Waals surface area (Å²) in [5, 5.41) is 1.35. The minimum Gasteiger partial charge on any atom is -0.497 e. The molecular formula is C21H31N2O3+. The molecule has 26 heavy (non-hydrogen) atoms. The number of hydrogen-bond acceptors (Lipinski definition) is 3. The zero-order valence-corrected chi connectivity index (χ0v) is 15.2. The number of piperidine rings is 1. The van der Waals surface area contributed by atoms with Crippen molar-refractivity contribution >= 4 is 16.9 Å². The van der Waals surface area contributed by atoms with Crippen LogP contribution >= 0.6 is 0 Å². The van der Waals surface area contributed by atoms with Crippen LogP contribution in [0, 0.1) is 11.8 Å². The van der Waals surface area contributed by atoms with Crippen LogP contribution in [0.1, 0.15) is 34.9 Å². The molecule has 2 aromatic rings. The second kappa shape index (κ2) is 5.88. The lowest BCUT2D eigenvalue weighted by atomic mass is 9.72. The van der Waals surface area contributed by atoms with Gasteiger partial charge in [-0.1, -0.05) is 18.2 Å². The van der Waals surface area contributed by atoms with Crippen molar-refractivity contribution in [2.24, 2.45) is 11.8 Å². The van der Waals surface area contributed by atoms with Crippen LogP contribution in [0.4, 0.5) is 0 Å². The van der Waals surface area contributed by atoms with E-state index in [2.05, 4.69) is 36.2 Å². The number of hydrogen-bond donors (Lipinski definition) is 2. The average molecular weight is 359 g/mol. The van der Waals surface area contributed by atoms with E-state index in [1.54, 1.807) is 11.2 Å². The van der Waals surface area contributed by atoms with E-state index < -0.39 is 0 Å². The van der Waals surface area contributed by atoms with Crippen molar-refractivity contribution in [1.29, 1.82) is 0 Å². The lowest BCUT2D eigenvalue weighted by Gasteiger charge is -2.46. The summed E-state index contributed by atoms with van der Waals surface area (Å²) in [5.41, 5.74) is 4.77. The number of para-hydroxylation sites is 1. The molecule has 0 bridgehead atoms. The van der Waals surface area contributed by atoms with Crippen LogP contribution in [0.25, 0.3) is 10.9 Å². The van der Waals surface area contributed by atoms with Crippen LogP contribution in [0.2, 0.25) is 0 Å². The normalized spacial score (nSPS) is 32.7. The third-order valence-electron chi connectivity index (χ3n) is 6.72. The molecule has 5 rings (SSSR count). The number of esters is 1. The molecular weight excluding hydrogens is 328 g/mol. The zero-order valence-electron chi connectivity index (χ0n) is 15.2. The third kappa shape index (κ3) is 2.23. The monoisotopic (exact) mass is 359 g/mol. The summed E-state index contributed by atoms with van der Waals surface area (Å²) in [5.74, 6) is 0.326. The van der Waals surface area contributed by atoms with Gasteiger partial charge >= 0.3 is 5.97 Å². The van der Waals surface area contributed by atoms with Crippen LogP contribution in [0.5, 0.6) is 0 Å². The van der Waals surface area contributed by atoms with Crippen molar-refractivity contribution in [3.63, 3.8) is 0 Å². The van der Waals surface area contributed by atoms with E-state index >= 15 is 0 Å². The molecule has 1 saturated heterocycles. The standard InChI is InChI=1S/C21H24N2O3.3H2/c1-12-16-10-23-8-7-14-13-5-3-4-6-18(13)22-20(14)19(23)9-15(16)17(11-26-12)21(24)25-2;;;/h3-6,11-12,15-16,19,22H,7-10H2,1-2H3;3*1H/p+1/t12-,15?,16?,19?;;;/m1.../s1. The van der Waals surface area contributed by atoms with Crippen molar-refractivity contribution in [3.8, 4) is 0 Å². The van der Waals surface area contributed by atoms with Crippen molar-refractivity contribution in [1.82, 2.24) is 4.98 Å². The summed E-state index contributed by atoms with van der Waals surface area (Å²) in [6, 6.07) is 8.99. The number of aromatic nitrogens is 1. The molecule has 3 aliphatic heterocycles. The van der Waals surface area contributed by atoms with E-state index in [0.717, 1.165) is 25.9 Å². The second-order valence-corrected chi connectivity index (χ2v) is 7.89. The first-order chi connectivity index (χ1) is 12.7. The molecule has 2 N–H and O–H groups in total. The highest BCUT2D eigenvalue weighted by Crippen LogP contribution is 2.41. The van der Waals surface area contributed by atoms with Crippen LogP contribution < -0.4 is 4.90 Å². The first-order valence-electron chi connectivity index (χ1n) is 9.55. The number of carbonyl (C=O) groups is 1. The molecule has 1 aromatic heterocycles. The quantitative estimate of drug-likeness (QED) is 0.769. The first kappa shape index (κ1) is 15.9. The second-order valence-electron chi connectivity index (χ2n) is 7.89. The van der Waals surface area contributed by atoms with Crippen molar-refractivity contribution in [2.45, 2.75) is 31.9 Å². The van der Waals surface area contributed by atoms with Gasteiger partial charge < -0.3 is 19.4 Å². The van der Waals surface area contributed by atoms with E-state index in [9.17, 15) is 4.79 Å². The number of quaternary nitrogens is 1. The molecule has 4 heterocycles. The van der Waals surface area contributed by atoms with Gasteiger partial charge in [-0.25, -0.2) is 4.79 Å². The number of methoxy groups -OCH3 is 1. The Morgan fingerprint density at radius 2 is 2.23 bits per heavy atom. The minimum atomic E-state index is -0.247. The Labute approximate surface area is 157 Å². The maximum absolute atomic E-state index is 12.3. The fourth-order valence-corrected chi connectivity index (χ4v) is 5.39. The van der Waals surface area contributed by atoms with Gasteiger partial charge in [-0.3, -0.25) is 0 Å². The summed E-state index contributed by atoms with van der Waals surface area (Å²) >= 11 is 0. The predicted octanol–water partition coefficient (Wildman–Crippen LogP) is 2.50. The summed E-state index contributed by atoms with van der Waals surface area (Å²) in [6.07, 6.45) is 3.87. The molecule has 1 aromatic carbocycles.